The Bertz CT molecular complexity index is 502. The average molecular weight is 206 g/mol. The molecule has 0 spiro atoms. The number of aryl methyl sites for hydroxylation is 2. The summed E-state index contributed by atoms with van der Waals surface area (Å²) >= 11 is 0. The topological polar surface area (TPSA) is 99.5 Å². The van der Waals surface area contributed by atoms with Crippen molar-refractivity contribution in [2.75, 3.05) is 11.5 Å². The van der Waals surface area contributed by atoms with Gasteiger partial charge in [-0.3, -0.25) is 4.68 Å². The van der Waals surface area contributed by atoms with Crippen molar-refractivity contribution < 1.29 is 4.57 Å². The number of anilines is 2. The molecule has 15 heavy (non-hydrogen) atoms. The smallest absolute Gasteiger partial charge is 0.235 e. The number of nitrogen functional groups attached to an aromatic ring is 2. The fourth-order valence-electron chi connectivity index (χ4n) is 1.27. The molecule has 4 N–H and O–H groups in total. The van der Waals surface area contributed by atoms with Crippen LogP contribution < -0.4 is 16.0 Å². The number of nitrogens with two attached hydrogens (primary N) is 2. The van der Waals surface area contributed by atoms with Crippen molar-refractivity contribution in [3.8, 4) is 11.4 Å². The van der Waals surface area contributed by atoms with Crippen molar-refractivity contribution in [1.82, 2.24) is 19.7 Å². The van der Waals surface area contributed by atoms with Crippen LogP contribution in [0.1, 0.15) is 0 Å². The second kappa shape index (κ2) is 3.19. The number of hydrogen-bond donors (Lipinski definition) is 2. The van der Waals surface area contributed by atoms with Crippen molar-refractivity contribution in [2.45, 2.75) is 0 Å². The molecule has 7 nitrogen and oxygen atoms in total. The molecule has 78 valence electrons. The minimum atomic E-state index is 0.330. The summed E-state index contributed by atoms with van der Waals surface area (Å²) in [5, 5.41) is 4.14. The zero-order chi connectivity index (χ0) is 11.0. The first kappa shape index (κ1) is 9.38. The second-order valence-electron chi connectivity index (χ2n) is 3.24. The largest absolute Gasteiger partial charge is 0.369 e. The van der Waals surface area contributed by atoms with Crippen molar-refractivity contribution in [2.24, 2.45) is 14.1 Å². The van der Waals surface area contributed by atoms with E-state index in [2.05, 4.69) is 15.1 Å². The van der Waals surface area contributed by atoms with Gasteiger partial charge in [0.2, 0.25) is 18.0 Å². The van der Waals surface area contributed by atoms with E-state index in [1.807, 2.05) is 0 Å². The van der Waals surface area contributed by atoms with Crippen LogP contribution in [0.4, 0.5) is 11.6 Å². The van der Waals surface area contributed by atoms with Gasteiger partial charge >= 0.3 is 0 Å². The van der Waals surface area contributed by atoms with Crippen molar-refractivity contribution in [3.63, 3.8) is 0 Å². The van der Waals surface area contributed by atoms with Gasteiger partial charge in [-0.25, -0.2) is 9.55 Å². The second-order valence-corrected chi connectivity index (χ2v) is 3.24. The van der Waals surface area contributed by atoms with E-state index < -0.39 is 0 Å². The molecule has 0 aromatic carbocycles. The van der Waals surface area contributed by atoms with E-state index >= 15 is 0 Å². The molecule has 0 saturated heterocycles. The van der Waals surface area contributed by atoms with Crippen LogP contribution in [0.5, 0.6) is 0 Å². The highest BCUT2D eigenvalue weighted by atomic mass is 15.3. The maximum Gasteiger partial charge on any atom is 0.235 e. The van der Waals surface area contributed by atoms with Crippen LogP contribution in [0, 0.1) is 0 Å². The lowest BCUT2D eigenvalue weighted by molar-refractivity contribution is -0.659. The molecule has 2 aromatic rings. The van der Waals surface area contributed by atoms with Gasteiger partial charge < -0.3 is 11.5 Å². The summed E-state index contributed by atoms with van der Waals surface area (Å²) in [7, 11) is 3.56. The summed E-state index contributed by atoms with van der Waals surface area (Å²) < 4.78 is 3.25. The molecule has 0 amide bonds. The van der Waals surface area contributed by atoms with Crippen LogP contribution in [0.15, 0.2) is 12.7 Å². The van der Waals surface area contributed by atoms with Gasteiger partial charge in [0.25, 0.3) is 0 Å². The molecule has 2 heterocycles. The standard InChI is InChI=1S/C8H11N7/c1-14-3-11-6(9)5(7(14)10)8-12-4-15(2)13-8/h3-4H,1-2H3,(H3,9,10,13)/p+1. The van der Waals surface area contributed by atoms with E-state index in [1.165, 1.54) is 0 Å². The lowest BCUT2D eigenvalue weighted by atomic mass is 10.2. The quantitative estimate of drug-likeness (QED) is 0.575. The molecule has 0 bridgehead atoms. The van der Waals surface area contributed by atoms with E-state index in [4.69, 9.17) is 11.5 Å². The zero-order valence-corrected chi connectivity index (χ0v) is 8.55. The summed E-state index contributed by atoms with van der Waals surface area (Å²) in [6.07, 6.45) is 3.14. The minimum Gasteiger partial charge on any atom is -0.369 e. The van der Waals surface area contributed by atoms with E-state index in [1.54, 1.807) is 36.0 Å². The van der Waals surface area contributed by atoms with Crippen LogP contribution in [-0.2, 0) is 14.1 Å². The summed E-state index contributed by atoms with van der Waals surface area (Å²) in [5.74, 6) is 1.31. The van der Waals surface area contributed by atoms with Gasteiger partial charge in [-0.15, -0.1) is 0 Å². The molecule has 0 aliphatic carbocycles. The molecule has 7 heteroatoms. The summed E-state index contributed by atoms with van der Waals surface area (Å²) in [5.41, 5.74) is 12.2. The molecule has 0 atom stereocenters. The molecule has 0 aliphatic heterocycles. The first-order chi connectivity index (χ1) is 7.09. The Kier molecular flexibility index (Phi) is 2.00. The first-order valence-electron chi connectivity index (χ1n) is 4.35. The van der Waals surface area contributed by atoms with Crippen molar-refractivity contribution >= 4 is 11.6 Å². The van der Waals surface area contributed by atoms with Crippen molar-refractivity contribution in [3.05, 3.63) is 12.7 Å². The lowest BCUT2D eigenvalue weighted by Gasteiger charge is -2.02. The monoisotopic (exact) mass is 206 g/mol. The van der Waals surface area contributed by atoms with Crippen molar-refractivity contribution in [1.29, 1.82) is 0 Å². The van der Waals surface area contributed by atoms with Gasteiger partial charge in [-0.1, -0.05) is 4.98 Å². The molecule has 2 rings (SSSR count). The van der Waals surface area contributed by atoms with Gasteiger partial charge in [0.05, 0.1) is 7.05 Å². The normalized spacial score (nSPS) is 10.5. The van der Waals surface area contributed by atoms with E-state index in [-0.39, 0.29) is 0 Å². The Morgan fingerprint density at radius 3 is 2.67 bits per heavy atom. The van der Waals surface area contributed by atoms with E-state index in [0.29, 0.717) is 23.0 Å². The zero-order valence-electron chi connectivity index (χ0n) is 8.55. The minimum absolute atomic E-state index is 0.330. The summed E-state index contributed by atoms with van der Waals surface area (Å²) in [4.78, 5) is 8.08. The van der Waals surface area contributed by atoms with Crippen LogP contribution in [0.3, 0.4) is 0 Å². The fourth-order valence-corrected chi connectivity index (χ4v) is 1.27. The predicted molar refractivity (Wildman–Crippen MR) is 54.2 cm³/mol. The highest BCUT2D eigenvalue weighted by molar-refractivity contribution is 5.75. The first-order valence-corrected chi connectivity index (χ1v) is 4.35. The Hall–Kier alpha value is -2.18. The Labute approximate surface area is 86.4 Å². The maximum absolute atomic E-state index is 5.88. The van der Waals surface area contributed by atoms with Gasteiger partial charge in [0, 0.05) is 7.05 Å². The molecule has 0 aliphatic rings. The van der Waals surface area contributed by atoms with Gasteiger partial charge in [0.1, 0.15) is 6.33 Å². The highest BCUT2D eigenvalue weighted by Crippen LogP contribution is 2.23. The summed E-state index contributed by atoms with van der Waals surface area (Å²) in [6, 6.07) is 0. The predicted octanol–water partition coefficient (Wildman–Crippen LogP) is -1.13. The Morgan fingerprint density at radius 2 is 2.07 bits per heavy atom. The Morgan fingerprint density at radius 1 is 1.33 bits per heavy atom. The van der Waals surface area contributed by atoms with Gasteiger partial charge in [-0.05, 0) is 0 Å². The van der Waals surface area contributed by atoms with Crippen LogP contribution in [-0.4, -0.2) is 19.7 Å². The van der Waals surface area contributed by atoms with Gasteiger partial charge in [-0.2, -0.15) is 5.10 Å². The number of hydrogen-bond acceptors (Lipinski definition) is 5. The number of nitrogens with zero attached hydrogens (tertiary/aromatic N) is 5. The molecular formula is C8H12N7+. The molecule has 0 fully saturated rings. The molecule has 0 radical (unpaired) electrons. The summed E-state index contributed by atoms with van der Waals surface area (Å²) in [6.45, 7) is 0. The molecule has 2 aromatic heterocycles. The third-order valence-corrected chi connectivity index (χ3v) is 2.09. The van der Waals surface area contributed by atoms with Gasteiger partial charge in [0.15, 0.2) is 11.4 Å². The molecule has 0 unspecified atom stereocenters. The fraction of sp³-hybridized carbons (Fsp3) is 0.250. The Balaban J connectivity index is 2.66. The van der Waals surface area contributed by atoms with E-state index in [9.17, 15) is 0 Å². The van der Waals surface area contributed by atoms with Crippen LogP contribution >= 0.6 is 0 Å². The SMILES string of the molecule is Cn1cnc(-c2c(N)nc[n+](C)c2N)n1. The van der Waals surface area contributed by atoms with Crippen LogP contribution in [0.2, 0.25) is 0 Å². The number of rotatable bonds is 1. The maximum atomic E-state index is 5.88. The molecular weight excluding hydrogens is 194 g/mol. The number of aromatic nitrogens is 5. The lowest BCUT2D eigenvalue weighted by Crippen LogP contribution is -2.33. The molecule has 0 saturated carbocycles. The third kappa shape index (κ3) is 1.47. The third-order valence-electron chi connectivity index (χ3n) is 2.09. The van der Waals surface area contributed by atoms with E-state index in [0.717, 1.165) is 0 Å². The van der Waals surface area contributed by atoms with Crippen LogP contribution in [0.25, 0.3) is 11.4 Å². The average Bonchev–Trinajstić information content (AvgIpc) is 2.59. The highest BCUT2D eigenvalue weighted by Gasteiger charge is 2.19.